The molecule has 5 nitrogen and oxygen atoms in total. The largest absolute Gasteiger partial charge is 0.378 e. The molecule has 1 aliphatic rings. The van der Waals surface area contributed by atoms with E-state index in [0.717, 1.165) is 23.6 Å². The Morgan fingerprint density at radius 1 is 1.27 bits per heavy atom. The zero-order valence-electron chi connectivity index (χ0n) is 13.2. The zero-order chi connectivity index (χ0) is 15.7. The van der Waals surface area contributed by atoms with Crippen molar-refractivity contribution in [2.75, 3.05) is 13.7 Å². The summed E-state index contributed by atoms with van der Waals surface area (Å²) in [5, 5.41) is 0. The number of hydrogen-bond donors (Lipinski definition) is 0. The number of carbonyl (C=O) groups is 1. The van der Waals surface area contributed by atoms with Crippen LogP contribution in [-0.4, -0.2) is 40.1 Å². The van der Waals surface area contributed by atoms with E-state index in [4.69, 9.17) is 4.74 Å². The minimum Gasteiger partial charge on any atom is -0.378 e. The third-order valence-electron chi connectivity index (χ3n) is 4.05. The van der Waals surface area contributed by atoms with Crippen molar-refractivity contribution in [3.63, 3.8) is 0 Å². The van der Waals surface area contributed by atoms with Crippen molar-refractivity contribution < 1.29 is 9.53 Å². The first-order valence-electron chi connectivity index (χ1n) is 7.48. The first kappa shape index (κ1) is 14.8. The Labute approximate surface area is 130 Å². The third kappa shape index (κ3) is 2.90. The van der Waals surface area contributed by atoms with E-state index in [1.165, 1.54) is 0 Å². The standard InChI is InChI=1S/C17H21N3O2/c1-12-7-14(8-13(2)18-12)17(21)20-9-15-5-4-6-19(15)10-16(11-20)22-3/h4-8,16H,9-11H2,1-3H3. The molecule has 5 heteroatoms. The summed E-state index contributed by atoms with van der Waals surface area (Å²) in [7, 11) is 1.70. The first-order valence-corrected chi connectivity index (χ1v) is 7.48. The maximum atomic E-state index is 12.9. The molecule has 0 spiro atoms. The number of carbonyl (C=O) groups excluding carboxylic acids is 1. The highest BCUT2D eigenvalue weighted by Crippen LogP contribution is 2.18. The van der Waals surface area contributed by atoms with Gasteiger partial charge in [-0.05, 0) is 38.1 Å². The molecule has 1 unspecified atom stereocenters. The van der Waals surface area contributed by atoms with Crippen LogP contribution in [0.4, 0.5) is 0 Å². The number of aryl methyl sites for hydroxylation is 2. The van der Waals surface area contributed by atoms with Crippen LogP contribution in [0.2, 0.25) is 0 Å². The second kappa shape index (κ2) is 5.93. The molecule has 3 heterocycles. The monoisotopic (exact) mass is 299 g/mol. The molecule has 0 saturated carbocycles. The fraction of sp³-hybridized carbons (Fsp3) is 0.412. The van der Waals surface area contributed by atoms with Gasteiger partial charge < -0.3 is 14.2 Å². The molecule has 0 aromatic carbocycles. The Morgan fingerprint density at radius 3 is 2.68 bits per heavy atom. The molecule has 0 fully saturated rings. The number of ether oxygens (including phenoxy) is 1. The maximum absolute atomic E-state index is 12.9. The van der Waals surface area contributed by atoms with E-state index in [0.29, 0.717) is 18.7 Å². The summed E-state index contributed by atoms with van der Waals surface area (Å²) in [6.45, 7) is 5.80. The number of rotatable bonds is 2. The van der Waals surface area contributed by atoms with Crippen molar-refractivity contribution in [2.45, 2.75) is 33.0 Å². The molecule has 22 heavy (non-hydrogen) atoms. The second-order valence-corrected chi connectivity index (χ2v) is 5.83. The maximum Gasteiger partial charge on any atom is 0.254 e. The van der Waals surface area contributed by atoms with Gasteiger partial charge in [-0.2, -0.15) is 0 Å². The molecule has 2 aromatic rings. The minimum absolute atomic E-state index is 0.00151. The summed E-state index contributed by atoms with van der Waals surface area (Å²) in [5.41, 5.74) is 3.56. The summed E-state index contributed by atoms with van der Waals surface area (Å²) >= 11 is 0. The number of methoxy groups -OCH3 is 1. The molecule has 1 aliphatic heterocycles. The van der Waals surface area contributed by atoms with Crippen LogP contribution in [0.1, 0.15) is 27.4 Å². The SMILES string of the molecule is COC1CN(C(=O)c2cc(C)nc(C)c2)Cc2cccn2C1. The fourth-order valence-electron chi connectivity index (χ4n) is 3.00. The number of pyridine rings is 1. The number of amides is 1. The average Bonchev–Trinajstić information content (AvgIpc) is 2.83. The molecule has 0 saturated heterocycles. The van der Waals surface area contributed by atoms with E-state index in [1.54, 1.807) is 7.11 Å². The van der Waals surface area contributed by atoms with Gasteiger partial charge in [0.15, 0.2) is 0 Å². The summed E-state index contributed by atoms with van der Waals surface area (Å²) in [4.78, 5) is 19.1. The number of fused-ring (bicyclic) bond motifs is 1. The first-order chi connectivity index (χ1) is 10.6. The van der Waals surface area contributed by atoms with Crippen molar-refractivity contribution in [1.29, 1.82) is 0 Å². The molecular weight excluding hydrogens is 278 g/mol. The Hall–Kier alpha value is -2.14. The predicted molar refractivity (Wildman–Crippen MR) is 83.7 cm³/mol. The highest BCUT2D eigenvalue weighted by atomic mass is 16.5. The molecule has 0 bridgehead atoms. The van der Waals surface area contributed by atoms with Crippen molar-refractivity contribution >= 4 is 5.91 Å². The van der Waals surface area contributed by atoms with Gasteiger partial charge in [0, 0.05) is 42.5 Å². The fourth-order valence-corrected chi connectivity index (χ4v) is 3.00. The van der Waals surface area contributed by atoms with Crippen molar-refractivity contribution in [1.82, 2.24) is 14.5 Å². The van der Waals surface area contributed by atoms with E-state index in [9.17, 15) is 4.79 Å². The van der Waals surface area contributed by atoms with Gasteiger partial charge in [-0.3, -0.25) is 9.78 Å². The molecule has 116 valence electrons. The molecule has 3 rings (SSSR count). The Balaban J connectivity index is 1.91. The minimum atomic E-state index is 0.00151. The van der Waals surface area contributed by atoms with Gasteiger partial charge in [-0.25, -0.2) is 0 Å². The number of nitrogens with zero attached hydrogens (tertiary/aromatic N) is 3. The van der Waals surface area contributed by atoms with Gasteiger partial charge in [0.1, 0.15) is 0 Å². The lowest BCUT2D eigenvalue weighted by Crippen LogP contribution is -2.37. The van der Waals surface area contributed by atoms with Crippen LogP contribution in [0.5, 0.6) is 0 Å². The van der Waals surface area contributed by atoms with Gasteiger partial charge in [0.25, 0.3) is 5.91 Å². The van der Waals surface area contributed by atoms with Gasteiger partial charge in [-0.15, -0.1) is 0 Å². The van der Waals surface area contributed by atoms with E-state index in [-0.39, 0.29) is 12.0 Å². The Kier molecular flexibility index (Phi) is 3.98. The number of aromatic nitrogens is 2. The quantitative estimate of drug-likeness (QED) is 0.854. The molecular formula is C17H21N3O2. The topological polar surface area (TPSA) is 47.4 Å². The lowest BCUT2D eigenvalue weighted by molar-refractivity contribution is 0.0459. The average molecular weight is 299 g/mol. The van der Waals surface area contributed by atoms with Gasteiger partial charge in [0.05, 0.1) is 19.2 Å². The lowest BCUT2D eigenvalue weighted by atomic mass is 10.1. The predicted octanol–water partition coefficient (Wildman–Crippen LogP) is 2.17. The molecule has 1 atom stereocenters. The highest BCUT2D eigenvalue weighted by molar-refractivity contribution is 5.94. The van der Waals surface area contributed by atoms with Crippen molar-refractivity contribution in [2.24, 2.45) is 0 Å². The molecule has 0 N–H and O–H groups in total. The Morgan fingerprint density at radius 2 is 2.00 bits per heavy atom. The summed E-state index contributed by atoms with van der Waals surface area (Å²) < 4.78 is 7.69. The number of hydrogen-bond acceptors (Lipinski definition) is 3. The van der Waals surface area contributed by atoms with Crippen LogP contribution in [0.15, 0.2) is 30.5 Å². The summed E-state index contributed by atoms with van der Waals surface area (Å²) in [6.07, 6.45) is 2.04. The van der Waals surface area contributed by atoms with Crippen LogP contribution < -0.4 is 0 Å². The van der Waals surface area contributed by atoms with Crippen LogP contribution >= 0.6 is 0 Å². The van der Waals surface area contributed by atoms with Crippen LogP contribution in [-0.2, 0) is 17.8 Å². The van der Waals surface area contributed by atoms with Crippen molar-refractivity contribution in [3.8, 4) is 0 Å². The van der Waals surface area contributed by atoms with Gasteiger partial charge in [0.2, 0.25) is 0 Å². The van der Waals surface area contributed by atoms with Crippen LogP contribution in [0.3, 0.4) is 0 Å². The van der Waals surface area contributed by atoms with E-state index in [1.807, 2.05) is 43.1 Å². The van der Waals surface area contributed by atoms with E-state index < -0.39 is 0 Å². The summed E-state index contributed by atoms with van der Waals surface area (Å²) in [6, 6.07) is 7.76. The van der Waals surface area contributed by atoms with Crippen molar-refractivity contribution in [3.05, 3.63) is 53.1 Å². The molecule has 0 aliphatic carbocycles. The van der Waals surface area contributed by atoms with E-state index >= 15 is 0 Å². The Bertz CT molecular complexity index is 673. The van der Waals surface area contributed by atoms with Crippen LogP contribution in [0, 0.1) is 13.8 Å². The smallest absolute Gasteiger partial charge is 0.254 e. The molecule has 2 aromatic heterocycles. The third-order valence-corrected chi connectivity index (χ3v) is 4.05. The summed E-state index contributed by atoms with van der Waals surface area (Å²) in [5.74, 6) is 0.0327. The van der Waals surface area contributed by atoms with E-state index in [2.05, 4.69) is 15.6 Å². The molecule has 1 amide bonds. The zero-order valence-corrected chi connectivity index (χ0v) is 13.2. The van der Waals surface area contributed by atoms with Gasteiger partial charge >= 0.3 is 0 Å². The second-order valence-electron chi connectivity index (χ2n) is 5.83. The van der Waals surface area contributed by atoms with Crippen LogP contribution in [0.25, 0.3) is 0 Å². The normalized spacial score (nSPS) is 18.0. The highest BCUT2D eigenvalue weighted by Gasteiger charge is 2.25. The molecule has 0 radical (unpaired) electrons. The lowest BCUT2D eigenvalue weighted by Gasteiger charge is -2.23. The van der Waals surface area contributed by atoms with Gasteiger partial charge in [-0.1, -0.05) is 0 Å².